The topological polar surface area (TPSA) is 84.2 Å². The van der Waals surface area contributed by atoms with Gasteiger partial charge in [0.1, 0.15) is 5.82 Å². The van der Waals surface area contributed by atoms with Crippen LogP contribution in [0.4, 0.5) is 21.6 Å². The predicted molar refractivity (Wildman–Crippen MR) is 125 cm³/mol. The molecule has 33 heavy (non-hydrogen) atoms. The van der Waals surface area contributed by atoms with Crippen LogP contribution >= 0.6 is 0 Å². The molecule has 1 fully saturated rings. The maximum atomic E-state index is 14.5. The minimum Gasteiger partial charge on any atom is -0.338 e. The maximum Gasteiger partial charge on any atom is 0.227 e. The van der Waals surface area contributed by atoms with Crippen molar-refractivity contribution in [1.29, 1.82) is 0 Å². The zero-order chi connectivity index (χ0) is 22.4. The number of carbonyl (C=O) groups excluding carboxylic acids is 1. The summed E-state index contributed by atoms with van der Waals surface area (Å²) in [4.78, 5) is 12.1. The third kappa shape index (κ3) is 3.55. The lowest BCUT2D eigenvalue weighted by Crippen LogP contribution is -2.13. The number of carbonyl (C=O) groups is 1. The van der Waals surface area contributed by atoms with E-state index in [9.17, 15) is 9.18 Å². The first-order valence-electron chi connectivity index (χ1n) is 10.7. The van der Waals surface area contributed by atoms with Crippen molar-refractivity contribution in [2.75, 3.05) is 10.6 Å². The van der Waals surface area contributed by atoms with E-state index in [0.29, 0.717) is 22.9 Å². The van der Waals surface area contributed by atoms with Gasteiger partial charge in [-0.3, -0.25) is 4.79 Å². The third-order valence-corrected chi connectivity index (χ3v) is 5.72. The van der Waals surface area contributed by atoms with E-state index in [1.807, 2.05) is 48.5 Å². The van der Waals surface area contributed by atoms with Gasteiger partial charge in [0.25, 0.3) is 0 Å². The second kappa shape index (κ2) is 7.67. The average molecular weight is 438 g/mol. The Kier molecular flexibility index (Phi) is 4.50. The number of nitrogens with one attached hydrogen (secondary N) is 2. The van der Waals surface area contributed by atoms with Crippen LogP contribution < -0.4 is 10.6 Å². The number of fused-ring (bicyclic) bond motifs is 3. The lowest BCUT2D eigenvalue weighted by molar-refractivity contribution is -0.117. The van der Waals surface area contributed by atoms with Crippen LogP contribution in [0.25, 0.3) is 27.8 Å². The normalized spacial score (nSPS) is 13.4. The maximum absolute atomic E-state index is 14.5. The van der Waals surface area contributed by atoms with Crippen LogP contribution in [0.2, 0.25) is 0 Å². The molecule has 3 aromatic carbocycles. The Balaban J connectivity index is 1.45. The number of rotatable bonds is 5. The van der Waals surface area contributed by atoms with Crippen LogP contribution in [-0.2, 0) is 4.79 Å². The quantitative estimate of drug-likeness (QED) is 0.395. The van der Waals surface area contributed by atoms with Gasteiger partial charge in [0.2, 0.25) is 5.91 Å². The van der Waals surface area contributed by atoms with E-state index in [-0.39, 0.29) is 11.8 Å². The SMILES string of the molecule is O=C(Nc1cccc(Nc2nn3c(-c4ccccc4F)nnc3c3ccccc23)c1)C1CC1. The average Bonchev–Trinajstić information content (AvgIpc) is 3.60. The summed E-state index contributed by atoms with van der Waals surface area (Å²) in [5.41, 5.74) is 2.35. The fourth-order valence-corrected chi connectivity index (χ4v) is 3.89. The number of anilines is 3. The Morgan fingerprint density at radius 3 is 2.48 bits per heavy atom. The first-order valence-corrected chi connectivity index (χ1v) is 10.7. The monoisotopic (exact) mass is 438 g/mol. The smallest absolute Gasteiger partial charge is 0.227 e. The van der Waals surface area contributed by atoms with Crippen molar-refractivity contribution in [3.05, 3.63) is 78.6 Å². The Hall–Kier alpha value is -4.33. The Morgan fingerprint density at radius 1 is 0.909 bits per heavy atom. The van der Waals surface area contributed by atoms with Crippen molar-refractivity contribution in [2.45, 2.75) is 12.8 Å². The minimum atomic E-state index is -0.393. The van der Waals surface area contributed by atoms with Gasteiger partial charge in [-0.05, 0) is 43.2 Å². The van der Waals surface area contributed by atoms with Crippen LogP contribution in [0.15, 0.2) is 72.8 Å². The summed E-state index contributed by atoms with van der Waals surface area (Å²) < 4.78 is 16.1. The summed E-state index contributed by atoms with van der Waals surface area (Å²) in [6.45, 7) is 0. The summed E-state index contributed by atoms with van der Waals surface area (Å²) in [5, 5.41) is 21.3. The van der Waals surface area contributed by atoms with Gasteiger partial charge in [0.15, 0.2) is 17.3 Å². The highest BCUT2D eigenvalue weighted by Gasteiger charge is 2.29. The summed E-state index contributed by atoms with van der Waals surface area (Å²) in [6.07, 6.45) is 1.89. The van der Waals surface area contributed by atoms with E-state index in [1.54, 1.807) is 22.7 Å². The fourth-order valence-electron chi connectivity index (χ4n) is 3.89. The molecule has 0 aliphatic heterocycles. The van der Waals surface area contributed by atoms with Gasteiger partial charge in [0, 0.05) is 28.1 Å². The Bertz CT molecular complexity index is 1520. The molecule has 8 heteroatoms. The molecule has 0 atom stereocenters. The molecule has 1 saturated carbocycles. The molecule has 0 bridgehead atoms. The number of halogens is 1. The molecule has 2 aromatic heterocycles. The van der Waals surface area contributed by atoms with Crippen LogP contribution in [0.3, 0.4) is 0 Å². The summed E-state index contributed by atoms with van der Waals surface area (Å²) in [6, 6.07) is 21.6. The zero-order valence-electron chi connectivity index (χ0n) is 17.5. The van der Waals surface area contributed by atoms with Crippen LogP contribution in [0.1, 0.15) is 12.8 Å². The van der Waals surface area contributed by atoms with Crippen LogP contribution in [0.5, 0.6) is 0 Å². The highest BCUT2D eigenvalue weighted by atomic mass is 19.1. The van der Waals surface area contributed by atoms with E-state index >= 15 is 0 Å². The number of hydrogen-bond acceptors (Lipinski definition) is 5. The molecule has 162 valence electrons. The van der Waals surface area contributed by atoms with Gasteiger partial charge in [0.05, 0.1) is 5.56 Å². The molecule has 0 unspecified atom stereocenters. The highest BCUT2D eigenvalue weighted by molar-refractivity contribution is 6.01. The molecular weight excluding hydrogens is 419 g/mol. The first-order chi connectivity index (χ1) is 16.2. The summed E-state index contributed by atoms with van der Waals surface area (Å²) in [5.74, 6) is 0.676. The number of amides is 1. The van der Waals surface area contributed by atoms with E-state index in [0.717, 1.165) is 35.0 Å². The van der Waals surface area contributed by atoms with E-state index < -0.39 is 5.82 Å². The largest absolute Gasteiger partial charge is 0.338 e. The van der Waals surface area contributed by atoms with Crippen molar-refractivity contribution in [3.63, 3.8) is 0 Å². The lowest BCUT2D eigenvalue weighted by Gasteiger charge is -2.12. The second-order valence-electron chi connectivity index (χ2n) is 8.10. The molecule has 1 aliphatic rings. The van der Waals surface area contributed by atoms with Gasteiger partial charge < -0.3 is 10.6 Å². The summed E-state index contributed by atoms with van der Waals surface area (Å²) in [7, 11) is 0. The molecule has 0 saturated heterocycles. The molecular formula is C25H19FN6O. The van der Waals surface area contributed by atoms with Crippen molar-refractivity contribution in [1.82, 2.24) is 19.8 Å². The minimum absolute atomic E-state index is 0.0520. The third-order valence-electron chi connectivity index (χ3n) is 5.72. The molecule has 0 radical (unpaired) electrons. The molecule has 2 N–H and O–H groups in total. The zero-order valence-corrected chi connectivity index (χ0v) is 17.5. The number of nitrogens with zero attached hydrogens (tertiary/aromatic N) is 4. The van der Waals surface area contributed by atoms with Gasteiger partial charge in [-0.1, -0.05) is 42.5 Å². The molecule has 0 spiro atoms. The van der Waals surface area contributed by atoms with E-state index in [2.05, 4.69) is 20.8 Å². The van der Waals surface area contributed by atoms with Crippen molar-refractivity contribution in [2.24, 2.45) is 5.92 Å². The van der Waals surface area contributed by atoms with Gasteiger partial charge in [-0.25, -0.2) is 4.39 Å². The number of benzene rings is 3. The first kappa shape index (κ1) is 19.4. The van der Waals surface area contributed by atoms with Gasteiger partial charge in [-0.2, -0.15) is 4.52 Å². The highest BCUT2D eigenvalue weighted by Crippen LogP contribution is 2.32. The van der Waals surface area contributed by atoms with Gasteiger partial charge >= 0.3 is 0 Å². The number of aromatic nitrogens is 4. The molecule has 2 heterocycles. The lowest BCUT2D eigenvalue weighted by atomic mass is 10.1. The van der Waals surface area contributed by atoms with E-state index in [1.165, 1.54) is 6.07 Å². The van der Waals surface area contributed by atoms with E-state index in [4.69, 9.17) is 5.10 Å². The van der Waals surface area contributed by atoms with Crippen molar-refractivity contribution in [3.8, 4) is 11.4 Å². The Labute approximate surface area is 188 Å². The summed E-state index contributed by atoms with van der Waals surface area (Å²) >= 11 is 0. The Morgan fingerprint density at radius 2 is 1.67 bits per heavy atom. The fraction of sp³-hybridized carbons (Fsp3) is 0.120. The number of hydrogen-bond donors (Lipinski definition) is 2. The second-order valence-corrected chi connectivity index (χ2v) is 8.10. The molecule has 5 aromatic rings. The molecule has 7 nitrogen and oxygen atoms in total. The predicted octanol–water partition coefficient (Wildman–Crippen LogP) is 5.18. The molecule has 1 aliphatic carbocycles. The molecule has 1 amide bonds. The van der Waals surface area contributed by atoms with Crippen molar-refractivity contribution < 1.29 is 9.18 Å². The van der Waals surface area contributed by atoms with Crippen LogP contribution in [0, 0.1) is 11.7 Å². The molecule has 6 rings (SSSR count). The van der Waals surface area contributed by atoms with Crippen LogP contribution in [-0.4, -0.2) is 25.7 Å². The van der Waals surface area contributed by atoms with Crippen molar-refractivity contribution >= 4 is 39.5 Å². The standard InChI is InChI=1S/C25H19FN6O/c26-21-11-4-3-10-20(21)24-30-29-23-19-9-2-1-8-18(19)22(31-32(23)24)27-16-6-5-7-17(14-16)28-25(33)15-12-13-15/h1-11,14-15H,12-13H2,(H,27,31)(H,28,33). The van der Waals surface area contributed by atoms with Gasteiger partial charge in [-0.15, -0.1) is 15.3 Å².